The summed E-state index contributed by atoms with van der Waals surface area (Å²) >= 11 is 0. The van der Waals surface area contributed by atoms with Gasteiger partial charge in [-0.05, 0) is 45.6 Å². The molecule has 1 saturated carbocycles. The van der Waals surface area contributed by atoms with Gasteiger partial charge in [-0.2, -0.15) is 5.26 Å². The molecule has 0 heterocycles. The molecule has 1 rings (SSSR count). The van der Waals surface area contributed by atoms with Crippen molar-refractivity contribution < 1.29 is 9.47 Å². The topological polar surface area (TPSA) is 54.3 Å². The van der Waals surface area contributed by atoms with Crippen molar-refractivity contribution in [2.75, 3.05) is 20.3 Å². The third-order valence-corrected chi connectivity index (χ3v) is 3.88. The van der Waals surface area contributed by atoms with Crippen LogP contribution in [0.4, 0.5) is 0 Å². The van der Waals surface area contributed by atoms with E-state index in [1.165, 1.54) is 6.42 Å². The summed E-state index contributed by atoms with van der Waals surface area (Å²) in [6, 6.07) is 2.36. The number of nitrogens with zero attached hydrogens (tertiary/aromatic N) is 1. The van der Waals surface area contributed by atoms with Gasteiger partial charge in [-0.15, -0.1) is 0 Å². The van der Waals surface area contributed by atoms with Crippen LogP contribution >= 0.6 is 0 Å². The number of nitrogens with one attached hydrogen (secondary N) is 1. The summed E-state index contributed by atoms with van der Waals surface area (Å²) < 4.78 is 11.3. The van der Waals surface area contributed by atoms with Crippen molar-refractivity contribution in [1.29, 1.82) is 5.26 Å². The van der Waals surface area contributed by atoms with Gasteiger partial charge in [-0.25, -0.2) is 0 Å². The van der Waals surface area contributed by atoms with Crippen molar-refractivity contribution in [3.05, 3.63) is 0 Å². The fourth-order valence-electron chi connectivity index (χ4n) is 2.48. The number of hydrogen-bond donors (Lipinski definition) is 1. The average molecular weight is 268 g/mol. The van der Waals surface area contributed by atoms with Crippen LogP contribution in [0, 0.1) is 11.3 Å². The van der Waals surface area contributed by atoms with Crippen LogP contribution in [0.1, 0.15) is 52.4 Å². The summed E-state index contributed by atoms with van der Waals surface area (Å²) in [5.74, 6) is 0. The minimum absolute atomic E-state index is 0.299. The van der Waals surface area contributed by atoms with Crippen LogP contribution in [-0.4, -0.2) is 38.0 Å². The maximum absolute atomic E-state index is 9.24. The van der Waals surface area contributed by atoms with Crippen molar-refractivity contribution in [2.45, 2.75) is 70.1 Å². The van der Waals surface area contributed by atoms with Crippen molar-refractivity contribution in [2.24, 2.45) is 0 Å². The molecule has 0 aliphatic heterocycles. The van der Waals surface area contributed by atoms with Gasteiger partial charge in [0.1, 0.15) is 5.54 Å². The predicted octanol–water partition coefficient (Wildman–Crippen LogP) is 2.63. The van der Waals surface area contributed by atoms with Crippen LogP contribution in [0.15, 0.2) is 0 Å². The zero-order valence-electron chi connectivity index (χ0n) is 12.6. The number of methoxy groups -OCH3 is 1. The summed E-state index contributed by atoms with van der Waals surface area (Å²) in [6.45, 7) is 5.57. The zero-order chi connectivity index (χ0) is 14.1. The Labute approximate surface area is 117 Å². The fraction of sp³-hybridized carbons (Fsp3) is 0.933. The molecule has 3 atom stereocenters. The first-order valence-corrected chi connectivity index (χ1v) is 7.44. The lowest BCUT2D eigenvalue weighted by molar-refractivity contribution is -0.0327. The lowest BCUT2D eigenvalue weighted by Crippen LogP contribution is -2.42. The Kier molecular flexibility index (Phi) is 7.37. The highest BCUT2D eigenvalue weighted by Gasteiger charge is 2.25. The van der Waals surface area contributed by atoms with E-state index in [4.69, 9.17) is 9.47 Å². The molecule has 0 saturated heterocycles. The molecule has 3 unspecified atom stereocenters. The van der Waals surface area contributed by atoms with Crippen molar-refractivity contribution in [3.63, 3.8) is 0 Å². The molecule has 0 bridgehead atoms. The summed E-state index contributed by atoms with van der Waals surface area (Å²) in [4.78, 5) is 0. The first-order chi connectivity index (χ1) is 9.13. The highest BCUT2D eigenvalue weighted by molar-refractivity contribution is 5.03. The maximum Gasteiger partial charge on any atom is 0.106 e. The Balaban J connectivity index is 2.26. The molecule has 0 aromatic rings. The molecule has 1 aliphatic carbocycles. The van der Waals surface area contributed by atoms with Gasteiger partial charge >= 0.3 is 0 Å². The second kappa shape index (κ2) is 8.52. The van der Waals surface area contributed by atoms with E-state index in [0.29, 0.717) is 18.8 Å². The highest BCUT2D eigenvalue weighted by atomic mass is 16.5. The van der Waals surface area contributed by atoms with Crippen LogP contribution in [0.25, 0.3) is 0 Å². The van der Waals surface area contributed by atoms with Crippen molar-refractivity contribution >= 4 is 0 Å². The van der Waals surface area contributed by atoms with Gasteiger partial charge in [0.2, 0.25) is 0 Å². The molecule has 1 N–H and O–H groups in total. The second-order valence-electron chi connectivity index (χ2n) is 5.64. The summed E-state index contributed by atoms with van der Waals surface area (Å²) in [6.07, 6.45) is 6.84. The molecular formula is C15H28N2O2. The third kappa shape index (κ3) is 5.90. The van der Waals surface area contributed by atoms with E-state index in [1.807, 2.05) is 6.92 Å². The van der Waals surface area contributed by atoms with Crippen molar-refractivity contribution in [1.82, 2.24) is 5.32 Å². The SMILES string of the molecule is CCCNC(C)(C#N)CCOC1CCCC(OC)C1. The predicted molar refractivity (Wildman–Crippen MR) is 75.9 cm³/mol. The van der Waals surface area contributed by atoms with E-state index >= 15 is 0 Å². The highest BCUT2D eigenvalue weighted by Crippen LogP contribution is 2.23. The van der Waals surface area contributed by atoms with E-state index in [1.54, 1.807) is 7.11 Å². The van der Waals surface area contributed by atoms with Crippen LogP contribution < -0.4 is 5.32 Å². The summed E-state index contributed by atoms with van der Waals surface area (Å²) in [7, 11) is 1.77. The number of rotatable bonds is 8. The minimum Gasteiger partial charge on any atom is -0.381 e. The van der Waals surface area contributed by atoms with E-state index < -0.39 is 5.54 Å². The van der Waals surface area contributed by atoms with Crippen molar-refractivity contribution in [3.8, 4) is 6.07 Å². The first kappa shape index (κ1) is 16.4. The minimum atomic E-state index is -0.467. The van der Waals surface area contributed by atoms with Crippen LogP contribution in [0.3, 0.4) is 0 Å². The van der Waals surface area contributed by atoms with Gasteiger partial charge in [-0.1, -0.05) is 6.92 Å². The number of hydrogen-bond acceptors (Lipinski definition) is 4. The maximum atomic E-state index is 9.24. The lowest BCUT2D eigenvalue weighted by Gasteiger charge is -2.29. The standard InChI is InChI=1S/C15H28N2O2/c1-4-9-17-15(2,12-16)8-10-19-14-7-5-6-13(11-14)18-3/h13-14,17H,4-11H2,1-3H3. The second-order valence-corrected chi connectivity index (χ2v) is 5.64. The normalized spacial score (nSPS) is 26.6. The van der Waals surface area contributed by atoms with Crippen LogP contribution in [0.5, 0.6) is 0 Å². The molecule has 1 fully saturated rings. The Bertz CT molecular complexity index is 290. The fourth-order valence-corrected chi connectivity index (χ4v) is 2.48. The molecule has 0 radical (unpaired) electrons. The van der Waals surface area contributed by atoms with Crippen LogP contribution in [0.2, 0.25) is 0 Å². The molecule has 4 heteroatoms. The van der Waals surface area contributed by atoms with E-state index in [2.05, 4.69) is 18.3 Å². The Morgan fingerprint density at radius 2 is 2.11 bits per heavy atom. The smallest absolute Gasteiger partial charge is 0.106 e. The Morgan fingerprint density at radius 3 is 2.74 bits per heavy atom. The summed E-state index contributed by atoms with van der Waals surface area (Å²) in [5, 5.41) is 12.5. The molecular weight excluding hydrogens is 240 g/mol. The van der Waals surface area contributed by atoms with Gasteiger partial charge in [-0.3, -0.25) is 5.32 Å². The molecule has 4 nitrogen and oxygen atoms in total. The van der Waals surface area contributed by atoms with Gasteiger partial charge in [0.15, 0.2) is 0 Å². The quantitative estimate of drug-likeness (QED) is 0.735. The largest absolute Gasteiger partial charge is 0.381 e. The molecule has 1 aliphatic rings. The molecule has 0 spiro atoms. The van der Waals surface area contributed by atoms with Gasteiger partial charge in [0, 0.05) is 20.1 Å². The number of ether oxygens (including phenoxy) is 2. The van der Waals surface area contributed by atoms with Gasteiger partial charge in [0.25, 0.3) is 0 Å². The first-order valence-electron chi connectivity index (χ1n) is 7.44. The van der Waals surface area contributed by atoms with Gasteiger partial charge in [0.05, 0.1) is 18.3 Å². The van der Waals surface area contributed by atoms with E-state index in [-0.39, 0.29) is 0 Å². The molecule has 0 aromatic heterocycles. The van der Waals surface area contributed by atoms with E-state index in [9.17, 15) is 5.26 Å². The zero-order valence-corrected chi connectivity index (χ0v) is 12.6. The molecule has 19 heavy (non-hydrogen) atoms. The van der Waals surface area contributed by atoms with Crippen LogP contribution in [-0.2, 0) is 9.47 Å². The lowest BCUT2D eigenvalue weighted by atomic mass is 9.94. The molecule has 0 amide bonds. The molecule has 0 aromatic carbocycles. The summed E-state index contributed by atoms with van der Waals surface area (Å²) in [5.41, 5.74) is -0.467. The monoisotopic (exact) mass is 268 g/mol. The Hall–Kier alpha value is -0.630. The third-order valence-electron chi connectivity index (χ3n) is 3.88. The molecule has 110 valence electrons. The number of nitriles is 1. The Morgan fingerprint density at radius 1 is 1.37 bits per heavy atom. The van der Waals surface area contributed by atoms with Gasteiger partial charge < -0.3 is 9.47 Å². The van der Waals surface area contributed by atoms with E-state index in [0.717, 1.165) is 38.6 Å². The average Bonchev–Trinajstić information content (AvgIpc) is 2.45.